The monoisotopic (exact) mass is 428 g/mol. The number of hydrogen-bond acceptors (Lipinski definition) is 7. The third-order valence-corrected chi connectivity index (χ3v) is 5.76. The minimum atomic E-state index is -0.602. The summed E-state index contributed by atoms with van der Waals surface area (Å²) in [6.07, 6.45) is 4.40. The normalized spacial score (nSPS) is 21.7. The van der Waals surface area contributed by atoms with Crippen molar-refractivity contribution in [2.24, 2.45) is 0 Å². The van der Waals surface area contributed by atoms with Crippen LogP contribution in [0.1, 0.15) is 75.8 Å². The Balaban J connectivity index is 1.57. The van der Waals surface area contributed by atoms with Crippen LogP contribution in [0.2, 0.25) is 0 Å². The van der Waals surface area contributed by atoms with Gasteiger partial charge in [0.25, 0.3) is 0 Å². The minimum Gasteiger partial charge on any atom is -0.444 e. The van der Waals surface area contributed by atoms with Gasteiger partial charge in [-0.3, -0.25) is 4.90 Å². The molecule has 2 fully saturated rings. The van der Waals surface area contributed by atoms with Gasteiger partial charge in [0.05, 0.1) is 13.2 Å². The third kappa shape index (κ3) is 5.43. The second-order valence-electron chi connectivity index (χ2n) is 9.25. The number of nitrogens with one attached hydrogen (secondary N) is 1. The first kappa shape index (κ1) is 21.8. The van der Waals surface area contributed by atoms with E-state index in [4.69, 9.17) is 19.0 Å². The van der Waals surface area contributed by atoms with Crippen LogP contribution in [0, 0.1) is 0 Å². The fraction of sp³-hybridized carbons (Fsp3) is 0.609. The van der Waals surface area contributed by atoms with Crippen LogP contribution in [-0.4, -0.2) is 52.5 Å². The Morgan fingerprint density at radius 3 is 2.68 bits per heavy atom. The van der Waals surface area contributed by atoms with Crippen molar-refractivity contribution in [2.75, 3.05) is 19.8 Å². The van der Waals surface area contributed by atoms with Crippen molar-refractivity contribution in [2.45, 2.75) is 70.2 Å². The van der Waals surface area contributed by atoms with Crippen LogP contribution in [-0.2, 0) is 9.47 Å². The Labute approximate surface area is 183 Å². The number of alkyl carbamates (subject to hydrolysis) is 1. The number of amides is 1. The van der Waals surface area contributed by atoms with Gasteiger partial charge in [-0.05, 0) is 39.2 Å². The summed E-state index contributed by atoms with van der Waals surface area (Å²) in [6.45, 7) is 7.62. The Bertz CT molecular complexity index is 858. The summed E-state index contributed by atoms with van der Waals surface area (Å²) in [6, 6.07) is 9.50. The van der Waals surface area contributed by atoms with Gasteiger partial charge in [-0.25, -0.2) is 4.79 Å². The van der Waals surface area contributed by atoms with Gasteiger partial charge in [-0.15, -0.1) is 0 Å². The van der Waals surface area contributed by atoms with Gasteiger partial charge in [-0.2, -0.15) is 4.98 Å². The molecule has 4 rings (SSSR count). The van der Waals surface area contributed by atoms with E-state index in [1.54, 1.807) is 0 Å². The van der Waals surface area contributed by atoms with E-state index in [0.29, 0.717) is 24.4 Å². The molecule has 1 N–H and O–H groups in total. The summed E-state index contributed by atoms with van der Waals surface area (Å²) in [5, 5.41) is 7.14. The van der Waals surface area contributed by atoms with Crippen molar-refractivity contribution < 1.29 is 18.8 Å². The molecule has 2 heterocycles. The van der Waals surface area contributed by atoms with Gasteiger partial charge < -0.3 is 19.3 Å². The second kappa shape index (κ2) is 9.36. The maximum atomic E-state index is 12.5. The molecule has 0 bridgehead atoms. The van der Waals surface area contributed by atoms with E-state index in [1.807, 2.05) is 51.1 Å². The molecular formula is C23H32N4O4. The Morgan fingerprint density at radius 2 is 1.97 bits per heavy atom. The topological polar surface area (TPSA) is 89.7 Å². The highest BCUT2D eigenvalue weighted by Gasteiger charge is 2.36. The molecular weight excluding hydrogens is 396 g/mol. The predicted octanol–water partition coefficient (Wildman–Crippen LogP) is 4.00. The molecule has 31 heavy (non-hydrogen) atoms. The standard InChI is InChI=1S/C23H32N4O4/c1-23(2,3)30-22(28)24-19(16-9-5-4-6-10-16)20-25-21(31-26-20)18-15-29-14-13-27(18)17-11-7-8-12-17/h4-6,9-10,17-19H,7-8,11-15H2,1-3H3,(H,24,28)/t18-,19+/m1/s1. The van der Waals surface area contributed by atoms with E-state index in [-0.39, 0.29) is 6.04 Å². The molecule has 1 aromatic carbocycles. The number of hydrogen-bond donors (Lipinski definition) is 1. The predicted molar refractivity (Wildman–Crippen MR) is 114 cm³/mol. The SMILES string of the molecule is CC(C)(C)OC(=O)N[C@@H](c1ccccc1)c1noc([C@H]2COCCN2C2CCCC2)n1. The van der Waals surface area contributed by atoms with Crippen LogP contribution in [0.4, 0.5) is 4.79 Å². The van der Waals surface area contributed by atoms with E-state index in [9.17, 15) is 4.79 Å². The summed E-state index contributed by atoms with van der Waals surface area (Å²) >= 11 is 0. The van der Waals surface area contributed by atoms with Crippen molar-refractivity contribution in [3.05, 3.63) is 47.6 Å². The third-order valence-electron chi connectivity index (χ3n) is 5.76. The summed E-state index contributed by atoms with van der Waals surface area (Å²) in [5.41, 5.74) is 0.253. The van der Waals surface area contributed by atoms with Gasteiger partial charge in [0.15, 0.2) is 5.82 Å². The molecule has 2 aromatic rings. The number of aromatic nitrogens is 2. The van der Waals surface area contributed by atoms with Gasteiger partial charge in [0.2, 0.25) is 5.89 Å². The van der Waals surface area contributed by atoms with E-state index in [0.717, 1.165) is 18.7 Å². The molecule has 1 aliphatic carbocycles. The zero-order valence-electron chi connectivity index (χ0n) is 18.5. The number of nitrogens with zero attached hydrogens (tertiary/aromatic N) is 3. The number of ether oxygens (including phenoxy) is 2. The van der Waals surface area contributed by atoms with Crippen LogP contribution in [0.25, 0.3) is 0 Å². The molecule has 168 valence electrons. The van der Waals surface area contributed by atoms with Gasteiger partial charge >= 0.3 is 6.09 Å². The number of carbonyl (C=O) groups excluding carboxylic acids is 1. The van der Waals surface area contributed by atoms with Gasteiger partial charge in [0, 0.05) is 12.6 Å². The largest absolute Gasteiger partial charge is 0.444 e. The van der Waals surface area contributed by atoms with Crippen molar-refractivity contribution in [1.82, 2.24) is 20.4 Å². The first-order chi connectivity index (χ1) is 14.9. The lowest BCUT2D eigenvalue weighted by molar-refractivity contribution is -0.0397. The van der Waals surface area contributed by atoms with Gasteiger partial charge in [-0.1, -0.05) is 48.3 Å². The van der Waals surface area contributed by atoms with Crippen LogP contribution >= 0.6 is 0 Å². The van der Waals surface area contributed by atoms with Crippen LogP contribution < -0.4 is 5.32 Å². The lowest BCUT2D eigenvalue weighted by atomic mass is 10.1. The molecule has 1 aliphatic heterocycles. The van der Waals surface area contributed by atoms with Crippen molar-refractivity contribution in [3.63, 3.8) is 0 Å². The average Bonchev–Trinajstić information content (AvgIpc) is 3.44. The van der Waals surface area contributed by atoms with Gasteiger partial charge in [0.1, 0.15) is 17.7 Å². The quantitative estimate of drug-likeness (QED) is 0.770. The molecule has 1 aromatic heterocycles. The smallest absolute Gasteiger partial charge is 0.408 e. The number of carbonyl (C=O) groups is 1. The summed E-state index contributed by atoms with van der Waals surface area (Å²) in [5.74, 6) is 0.942. The first-order valence-corrected chi connectivity index (χ1v) is 11.1. The molecule has 1 saturated carbocycles. The molecule has 0 unspecified atom stereocenters. The lowest BCUT2D eigenvalue weighted by Gasteiger charge is -2.37. The van der Waals surface area contributed by atoms with Crippen molar-refractivity contribution in [1.29, 1.82) is 0 Å². The fourth-order valence-electron chi connectivity index (χ4n) is 4.37. The maximum absolute atomic E-state index is 12.5. The fourth-order valence-corrected chi connectivity index (χ4v) is 4.37. The number of benzene rings is 1. The van der Waals surface area contributed by atoms with E-state index in [1.165, 1.54) is 25.7 Å². The van der Waals surface area contributed by atoms with Crippen LogP contribution in [0.15, 0.2) is 34.9 Å². The molecule has 8 nitrogen and oxygen atoms in total. The lowest BCUT2D eigenvalue weighted by Crippen LogP contribution is -2.45. The van der Waals surface area contributed by atoms with Crippen LogP contribution in [0.3, 0.4) is 0 Å². The molecule has 1 amide bonds. The van der Waals surface area contributed by atoms with E-state index >= 15 is 0 Å². The summed E-state index contributed by atoms with van der Waals surface area (Å²) < 4.78 is 16.9. The molecule has 8 heteroatoms. The highest BCUT2D eigenvalue weighted by atomic mass is 16.6. The maximum Gasteiger partial charge on any atom is 0.408 e. The Hall–Kier alpha value is -2.45. The second-order valence-corrected chi connectivity index (χ2v) is 9.25. The van der Waals surface area contributed by atoms with E-state index < -0.39 is 17.7 Å². The van der Waals surface area contributed by atoms with E-state index in [2.05, 4.69) is 15.4 Å². The minimum absolute atomic E-state index is 0.0592. The zero-order valence-corrected chi connectivity index (χ0v) is 18.5. The zero-order chi connectivity index (χ0) is 21.8. The highest BCUT2D eigenvalue weighted by Crippen LogP contribution is 2.33. The number of rotatable bonds is 5. The molecule has 2 atom stereocenters. The molecule has 1 saturated heterocycles. The van der Waals surface area contributed by atoms with Crippen molar-refractivity contribution in [3.8, 4) is 0 Å². The molecule has 0 spiro atoms. The first-order valence-electron chi connectivity index (χ1n) is 11.1. The summed E-state index contributed by atoms with van der Waals surface area (Å²) in [4.78, 5) is 19.7. The Morgan fingerprint density at radius 1 is 1.23 bits per heavy atom. The average molecular weight is 429 g/mol. The highest BCUT2D eigenvalue weighted by molar-refractivity contribution is 5.69. The Kier molecular flexibility index (Phi) is 6.57. The van der Waals surface area contributed by atoms with Crippen LogP contribution in [0.5, 0.6) is 0 Å². The molecule has 0 radical (unpaired) electrons. The summed E-state index contributed by atoms with van der Waals surface area (Å²) in [7, 11) is 0. The molecule has 2 aliphatic rings. The number of morpholine rings is 1. The van der Waals surface area contributed by atoms with Crippen molar-refractivity contribution >= 4 is 6.09 Å².